The first-order valence-corrected chi connectivity index (χ1v) is 9.09. The summed E-state index contributed by atoms with van der Waals surface area (Å²) >= 11 is 0. The molecule has 0 bridgehead atoms. The first kappa shape index (κ1) is 17.9. The van der Waals surface area contributed by atoms with Gasteiger partial charge in [-0.1, -0.05) is 19.0 Å². The highest BCUT2D eigenvalue weighted by molar-refractivity contribution is 5.54. The minimum Gasteiger partial charge on any atom is -0.390 e. The van der Waals surface area contributed by atoms with Crippen LogP contribution < -0.4 is 4.90 Å². The van der Waals surface area contributed by atoms with E-state index in [1.165, 1.54) is 0 Å². The van der Waals surface area contributed by atoms with Crippen LogP contribution in [0.2, 0.25) is 0 Å². The standard InChI is InChI=1S/C19H28N4O2/c1-13(2)10-16-21-18(25-22-16)14-7-8-17(20-11-14)23-9-5-6-15(12-23)19(3,4)24/h7-8,11,13,15,24H,5-6,9-10,12H2,1-4H3/t15-/m0/s1. The third kappa shape index (κ3) is 4.37. The van der Waals surface area contributed by atoms with Gasteiger partial charge in [0.25, 0.3) is 5.89 Å². The number of aliphatic hydroxyl groups is 1. The van der Waals surface area contributed by atoms with E-state index >= 15 is 0 Å². The van der Waals surface area contributed by atoms with Gasteiger partial charge in [0.15, 0.2) is 5.82 Å². The quantitative estimate of drug-likeness (QED) is 0.897. The molecule has 1 fully saturated rings. The lowest BCUT2D eigenvalue weighted by atomic mass is 9.84. The van der Waals surface area contributed by atoms with Crippen molar-refractivity contribution in [2.45, 2.75) is 52.6 Å². The maximum atomic E-state index is 10.3. The molecule has 1 N–H and O–H groups in total. The number of aromatic nitrogens is 3. The van der Waals surface area contributed by atoms with Crippen molar-refractivity contribution in [3.05, 3.63) is 24.2 Å². The third-order valence-electron chi connectivity index (χ3n) is 4.80. The van der Waals surface area contributed by atoms with Crippen molar-refractivity contribution in [1.29, 1.82) is 0 Å². The summed E-state index contributed by atoms with van der Waals surface area (Å²) in [5, 5.41) is 14.3. The van der Waals surface area contributed by atoms with Gasteiger partial charge in [-0.15, -0.1) is 0 Å². The van der Waals surface area contributed by atoms with Gasteiger partial charge in [-0.3, -0.25) is 0 Å². The van der Waals surface area contributed by atoms with Crippen molar-refractivity contribution in [2.75, 3.05) is 18.0 Å². The van der Waals surface area contributed by atoms with E-state index in [0.29, 0.717) is 11.8 Å². The molecule has 3 rings (SSSR count). The monoisotopic (exact) mass is 344 g/mol. The fourth-order valence-electron chi connectivity index (χ4n) is 3.28. The molecule has 1 saturated heterocycles. The number of rotatable bonds is 5. The Morgan fingerprint density at radius 2 is 2.16 bits per heavy atom. The highest BCUT2D eigenvalue weighted by atomic mass is 16.5. The molecule has 0 spiro atoms. The fraction of sp³-hybridized carbons (Fsp3) is 0.632. The second kappa shape index (κ2) is 7.12. The Balaban J connectivity index is 1.71. The number of pyridine rings is 1. The van der Waals surface area contributed by atoms with Crippen LogP contribution in [0.25, 0.3) is 11.5 Å². The summed E-state index contributed by atoms with van der Waals surface area (Å²) in [6, 6.07) is 3.97. The van der Waals surface area contributed by atoms with Crippen molar-refractivity contribution in [1.82, 2.24) is 15.1 Å². The van der Waals surface area contributed by atoms with Crippen LogP contribution in [0, 0.1) is 11.8 Å². The number of hydrogen-bond donors (Lipinski definition) is 1. The Labute approximate surface area is 149 Å². The Morgan fingerprint density at radius 1 is 1.36 bits per heavy atom. The second-order valence-electron chi connectivity index (χ2n) is 7.96. The zero-order valence-corrected chi connectivity index (χ0v) is 15.6. The molecule has 1 aliphatic rings. The summed E-state index contributed by atoms with van der Waals surface area (Å²) in [6.45, 7) is 9.84. The van der Waals surface area contributed by atoms with E-state index in [1.807, 2.05) is 26.0 Å². The minimum atomic E-state index is -0.658. The van der Waals surface area contributed by atoms with Crippen molar-refractivity contribution < 1.29 is 9.63 Å². The van der Waals surface area contributed by atoms with Crippen LogP contribution in [0.4, 0.5) is 5.82 Å². The van der Waals surface area contributed by atoms with Gasteiger partial charge in [-0.05, 0) is 44.7 Å². The maximum Gasteiger partial charge on any atom is 0.259 e. The number of anilines is 1. The van der Waals surface area contributed by atoms with Crippen LogP contribution >= 0.6 is 0 Å². The lowest BCUT2D eigenvalue weighted by molar-refractivity contribution is 0.0109. The molecule has 0 radical (unpaired) electrons. The van der Waals surface area contributed by atoms with Gasteiger partial charge in [0.1, 0.15) is 5.82 Å². The molecular weight excluding hydrogens is 316 g/mol. The summed E-state index contributed by atoms with van der Waals surface area (Å²) in [6.07, 6.45) is 4.72. The van der Waals surface area contributed by atoms with Gasteiger partial charge >= 0.3 is 0 Å². The smallest absolute Gasteiger partial charge is 0.259 e. The summed E-state index contributed by atoms with van der Waals surface area (Å²) in [4.78, 5) is 11.3. The van der Waals surface area contributed by atoms with Crippen molar-refractivity contribution in [2.24, 2.45) is 11.8 Å². The maximum absolute atomic E-state index is 10.3. The number of hydrogen-bond acceptors (Lipinski definition) is 6. The second-order valence-corrected chi connectivity index (χ2v) is 7.96. The molecule has 2 aromatic rings. The van der Waals surface area contributed by atoms with Gasteiger partial charge in [-0.25, -0.2) is 4.98 Å². The zero-order valence-electron chi connectivity index (χ0n) is 15.6. The summed E-state index contributed by atoms with van der Waals surface area (Å²) in [5.74, 6) is 2.94. The molecule has 6 nitrogen and oxygen atoms in total. The average Bonchev–Trinajstić information content (AvgIpc) is 3.02. The number of piperidine rings is 1. The molecule has 0 saturated carbocycles. The Bertz CT molecular complexity index is 688. The molecule has 0 aliphatic carbocycles. The van der Waals surface area contributed by atoms with Crippen LogP contribution in [0.3, 0.4) is 0 Å². The molecular formula is C19H28N4O2. The van der Waals surface area contributed by atoms with Crippen molar-refractivity contribution in [3.8, 4) is 11.5 Å². The van der Waals surface area contributed by atoms with Crippen LogP contribution in [0.1, 0.15) is 46.4 Å². The van der Waals surface area contributed by atoms with E-state index in [-0.39, 0.29) is 5.92 Å². The molecule has 1 atom stereocenters. The predicted octanol–water partition coefficient (Wildman–Crippen LogP) is 3.32. The van der Waals surface area contributed by atoms with Crippen LogP contribution in [0.15, 0.2) is 22.9 Å². The molecule has 3 heterocycles. The van der Waals surface area contributed by atoms with Gasteiger partial charge in [-0.2, -0.15) is 4.98 Å². The van der Waals surface area contributed by atoms with E-state index in [2.05, 4.69) is 33.9 Å². The highest BCUT2D eigenvalue weighted by Gasteiger charge is 2.31. The highest BCUT2D eigenvalue weighted by Crippen LogP contribution is 2.29. The SMILES string of the molecule is CC(C)Cc1noc(-c2ccc(N3CCC[C@H](C(C)(C)O)C3)nc2)n1. The van der Waals surface area contributed by atoms with E-state index in [0.717, 1.165) is 49.6 Å². The molecule has 1 aliphatic heterocycles. The Morgan fingerprint density at radius 3 is 2.80 bits per heavy atom. The first-order chi connectivity index (χ1) is 11.8. The first-order valence-electron chi connectivity index (χ1n) is 9.09. The number of nitrogens with zero attached hydrogens (tertiary/aromatic N) is 4. The van der Waals surface area contributed by atoms with E-state index < -0.39 is 5.60 Å². The van der Waals surface area contributed by atoms with Gasteiger partial charge in [0.2, 0.25) is 0 Å². The normalized spacial score (nSPS) is 18.8. The molecule has 6 heteroatoms. The summed E-state index contributed by atoms with van der Waals surface area (Å²) in [7, 11) is 0. The van der Waals surface area contributed by atoms with Crippen LogP contribution in [0.5, 0.6) is 0 Å². The topological polar surface area (TPSA) is 75.3 Å². The lowest BCUT2D eigenvalue weighted by Gasteiger charge is -2.39. The minimum absolute atomic E-state index is 0.261. The third-order valence-corrected chi connectivity index (χ3v) is 4.80. The lowest BCUT2D eigenvalue weighted by Crippen LogP contribution is -2.45. The fourth-order valence-corrected chi connectivity index (χ4v) is 3.28. The Hall–Kier alpha value is -1.95. The molecule has 0 aromatic carbocycles. The van der Waals surface area contributed by atoms with Gasteiger partial charge in [0.05, 0.1) is 11.2 Å². The van der Waals surface area contributed by atoms with Gasteiger partial charge < -0.3 is 14.5 Å². The molecule has 0 unspecified atom stereocenters. The largest absolute Gasteiger partial charge is 0.390 e. The molecule has 136 valence electrons. The predicted molar refractivity (Wildman–Crippen MR) is 97.3 cm³/mol. The van der Waals surface area contributed by atoms with E-state index in [9.17, 15) is 5.11 Å². The van der Waals surface area contributed by atoms with Crippen LogP contribution in [-0.2, 0) is 6.42 Å². The average molecular weight is 344 g/mol. The summed E-state index contributed by atoms with van der Waals surface area (Å²) in [5.41, 5.74) is 0.178. The molecule has 0 amide bonds. The van der Waals surface area contributed by atoms with Crippen LogP contribution in [-0.4, -0.2) is 38.9 Å². The van der Waals surface area contributed by atoms with E-state index in [4.69, 9.17) is 4.52 Å². The Kier molecular flexibility index (Phi) is 5.08. The molecule has 25 heavy (non-hydrogen) atoms. The van der Waals surface area contributed by atoms with Crippen molar-refractivity contribution in [3.63, 3.8) is 0 Å². The van der Waals surface area contributed by atoms with E-state index in [1.54, 1.807) is 6.20 Å². The van der Waals surface area contributed by atoms with Crippen molar-refractivity contribution >= 4 is 5.82 Å². The molecule has 2 aromatic heterocycles. The van der Waals surface area contributed by atoms with Gasteiger partial charge in [0, 0.05) is 31.6 Å². The summed E-state index contributed by atoms with van der Waals surface area (Å²) < 4.78 is 5.35. The zero-order chi connectivity index (χ0) is 18.0.